The van der Waals surface area contributed by atoms with E-state index < -0.39 is 5.91 Å². The van der Waals surface area contributed by atoms with Crippen LogP contribution >= 0.6 is 0 Å². The summed E-state index contributed by atoms with van der Waals surface area (Å²) in [6.07, 6.45) is 0. The van der Waals surface area contributed by atoms with Crippen molar-refractivity contribution in [3.8, 4) is 0 Å². The summed E-state index contributed by atoms with van der Waals surface area (Å²) >= 11 is 0. The molecule has 2 aromatic rings. The van der Waals surface area contributed by atoms with Crippen LogP contribution in [0.5, 0.6) is 0 Å². The Morgan fingerprint density at radius 3 is 2.76 bits per heavy atom. The number of rotatable bonds is 2. The SMILES string of the molecule is Cc1nonc1NC(=O)c1ccc(=O)n(C)n1. The molecule has 0 aliphatic rings. The van der Waals surface area contributed by atoms with Crippen molar-refractivity contribution in [3.05, 3.63) is 33.9 Å². The van der Waals surface area contributed by atoms with Gasteiger partial charge in [-0.15, -0.1) is 0 Å². The summed E-state index contributed by atoms with van der Waals surface area (Å²) in [5, 5.41) is 13.3. The largest absolute Gasteiger partial charge is 0.301 e. The molecule has 1 N–H and O–H groups in total. The first-order valence-corrected chi connectivity index (χ1v) is 4.73. The van der Waals surface area contributed by atoms with Gasteiger partial charge < -0.3 is 5.32 Å². The Labute approximate surface area is 95.2 Å². The van der Waals surface area contributed by atoms with Crippen molar-refractivity contribution in [1.82, 2.24) is 20.1 Å². The third kappa shape index (κ3) is 2.19. The van der Waals surface area contributed by atoms with E-state index in [-0.39, 0.29) is 17.1 Å². The van der Waals surface area contributed by atoms with Gasteiger partial charge >= 0.3 is 0 Å². The molecule has 8 heteroatoms. The van der Waals surface area contributed by atoms with Crippen LogP contribution in [-0.4, -0.2) is 26.0 Å². The lowest BCUT2D eigenvalue weighted by molar-refractivity contribution is 0.101. The molecule has 2 rings (SSSR count). The number of nitrogens with zero attached hydrogens (tertiary/aromatic N) is 4. The minimum atomic E-state index is -0.487. The van der Waals surface area contributed by atoms with Crippen LogP contribution in [0.3, 0.4) is 0 Å². The average molecular weight is 235 g/mol. The Bertz CT molecular complexity index is 615. The molecule has 2 heterocycles. The zero-order valence-corrected chi connectivity index (χ0v) is 9.17. The molecule has 0 unspecified atom stereocenters. The minimum absolute atomic E-state index is 0.106. The predicted molar refractivity (Wildman–Crippen MR) is 56.5 cm³/mol. The standard InChI is InChI=1S/C9H9N5O3/c1-5-8(13-17-12-5)10-9(16)6-3-4-7(15)14(2)11-6/h3-4H,1-2H3,(H,10,13,16). The van der Waals surface area contributed by atoms with E-state index in [2.05, 4.69) is 25.4 Å². The number of aromatic nitrogens is 4. The minimum Gasteiger partial charge on any atom is -0.301 e. The summed E-state index contributed by atoms with van der Waals surface area (Å²) in [6.45, 7) is 1.64. The molecule has 0 fully saturated rings. The summed E-state index contributed by atoms with van der Waals surface area (Å²) < 4.78 is 5.51. The Kier molecular flexibility index (Phi) is 2.69. The van der Waals surface area contributed by atoms with Gasteiger partial charge in [0, 0.05) is 13.1 Å². The fourth-order valence-electron chi connectivity index (χ4n) is 1.14. The maximum atomic E-state index is 11.7. The lowest BCUT2D eigenvalue weighted by Crippen LogP contribution is -2.23. The summed E-state index contributed by atoms with van der Waals surface area (Å²) in [4.78, 5) is 22.8. The van der Waals surface area contributed by atoms with Crippen LogP contribution in [-0.2, 0) is 7.05 Å². The first-order chi connectivity index (χ1) is 8.08. The topological polar surface area (TPSA) is 103 Å². The molecule has 17 heavy (non-hydrogen) atoms. The maximum Gasteiger partial charge on any atom is 0.277 e. The summed E-state index contributed by atoms with van der Waals surface area (Å²) in [5.74, 6) is -0.259. The number of anilines is 1. The predicted octanol–water partition coefficient (Wildman–Crippen LogP) is -0.276. The highest BCUT2D eigenvalue weighted by Gasteiger charge is 2.13. The molecule has 0 aliphatic carbocycles. The van der Waals surface area contributed by atoms with Crippen LogP contribution in [0, 0.1) is 6.92 Å². The van der Waals surface area contributed by atoms with Crippen LogP contribution in [0.25, 0.3) is 0 Å². The van der Waals surface area contributed by atoms with Crippen molar-refractivity contribution in [3.63, 3.8) is 0 Å². The number of nitrogens with one attached hydrogen (secondary N) is 1. The van der Waals surface area contributed by atoms with Gasteiger partial charge in [-0.3, -0.25) is 9.59 Å². The van der Waals surface area contributed by atoms with Crippen molar-refractivity contribution in [1.29, 1.82) is 0 Å². The first kappa shape index (κ1) is 11.0. The van der Waals surface area contributed by atoms with E-state index in [9.17, 15) is 9.59 Å². The van der Waals surface area contributed by atoms with Gasteiger partial charge in [0.25, 0.3) is 11.5 Å². The van der Waals surface area contributed by atoms with Crippen molar-refractivity contribution >= 4 is 11.7 Å². The Morgan fingerprint density at radius 1 is 1.41 bits per heavy atom. The zero-order chi connectivity index (χ0) is 12.4. The molecule has 0 atom stereocenters. The van der Waals surface area contributed by atoms with Gasteiger partial charge in [-0.2, -0.15) is 5.10 Å². The van der Waals surface area contributed by atoms with E-state index in [1.165, 1.54) is 19.2 Å². The van der Waals surface area contributed by atoms with Crippen molar-refractivity contribution in [2.24, 2.45) is 7.05 Å². The smallest absolute Gasteiger partial charge is 0.277 e. The fraction of sp³-hybridized carbons (Fsp3) is 0.222. The van der Waals surface area contributed by atoms with Gasteiger partial charge in [0.1, 0.15) is 11.4 Å². The van der Waals surface area contributed by atoms with Crippen LogP contribution in [0.1, 0.15) is 16.2 Å². The third-order valence-electron chi connectivity index (χ3n) is 2.08. The van der Waals surface area contributed by atoms with Gasteiger partial charge in [0.15, 0.2) is 0 Å². The number of carbonyl (C=O) groups excluding carboxylic acids is 1. The highest BCUT2D eigenvalue weighted by Crippen LogP contribution is 2.08. The van der Waals surface area contributed by atoms with Gasteiger partial charge in [0.05, 0.1) is 0 Å². The molecule has 0 saturated heterocycles. The monoisotopic (exact) mass is 235 g/mol. The molecule has 0 aliphatic heterocycles. The third-order valence-corrected chi connectivity index (χ3v) is 2.08. The Hall–Kier alpha value is -2.51. The summed E-state index contributed by atoms with van der Waals surface area (Å²) in [6, 6.07) is 2.59. The summed E-state index contributed by atoms with van der Waals surface area (Å²) in [5.41, 5.74) is 0.276. The molecular formula is C9H9N5O3. The first-order valence-electron chi connectivity index (χ1n) is 4.73. The average Bonchev–Trinajstić information content (AvgIpc) is 2.68. The number of carbonyl (C=O) groups is 1. The zero-order valence-electron chi connectivity index (χ0n) is 9.17. The number of hydrogen-bond donors (Lipinski definition) is 1. The van der Waals surface area contributed by atoms with Gasteiger partial charge in [-0.25, -0.2) is 9.31 Å². The van der Waals surface area contributed by atoms with E-state index in [4.69, 9.17) is 0 Å². The Balaban J connectivity index is 2.23. The van der Waals surface area contributed by atoms with Crippen LogP contribution in [0.2, 0.25) is 0 Å². The van der Waals surface area contributed by atoms with Gasteiger partial charge in [-0.1, -0.05) is 5.16 Å². The second kappa shape index (κ2) is 4.16. The fourth-order valence-corrected chi connectivity index (χ4v) is 1.14. The molecule has 0 aromatic carbocycles. The highest BCUT2D eigenvalue weighted by molar-refractivity contribution is 6.02. The second-order valence-corrected chi connectivity index (χ2v) is 3.33. The summed E-state index contributed by atoms with van der Waals surface area (Å²) in [7, 11) is 1.46. The molecule has 0 radical (unpaired) electrons. The van der Waals surface area contributed by atoms with E-state index >= 15 is 0 Å². The second-order valence-electron chi connectivity index (χ2n) is 3.33. The van der Waals surface area contributed by atoms with Gasteiger partial charge in [0.2, 0.25) is 5.82 Å². The van der Waals surface area contributed by atoms with E-state index in [0.29, 0.717) is 5.69 Å². The van der Waals surface area contributed by atoms with Crippen LogP contribution < -0.4 is 10.9 Å². The Morgan fingerprint density at radius 2 is 2.18 bits per heavy atom. The molecule has 0 spiro atoms. The number of hydrogen-bond acceptors (Lipinski definition) is 6. The molecule has 0 bridgehead atoms. The molecular weight excluding hydrogens is 226 g/mol. The molecule has 2 aromatic heterocycles. The van der Waals surface area contributed by atoms with E-state index in [1.807, 2.05) is 0 Å². The van der Waals surface area contributed by atoms with Crippen molar-refractivity contribution in [2.45, 2.75) is 6.92 Å². The molecule has 0 saturated carbocycles. The highest BCUT2D eigenvalue weighted by atomic mass is 16.6. The quantitative estimate of drug-likeness (QED) is 0.768. The number of aryl methyl sites for hydroxylation is 2. The van der Waals surface area contributed by atoms with Crippen molar-refractivity contribution in [2.75, 3.05) is 5.32 Å². The molecule has 8 nitrogen and oxygen atoms in total. The van der Waals surface area contributed by atoms with Crippen molar-refractivity contribution < 1.29 is 9.42 Å². The maximum absolute atomic E-state index is 11.7. The van der Waals surface area contributed by atoms with Crippen LogP contribution in [0.15, 0.2) is 21.6 Å². The molecule has 88 valence electrons. The molecule has 1 amide bonds. The van der Waals surface area contributed by atoms with E-state index in [1.54, 1.807) is 6.92 Å². The van der Waals surface area contributed by atoms with E-state index in [0.717, 1.165) is 4.68 Å². The number of amides is 1. The van der Waals surface area contributed by atoms with Gasteiger partial charge in [-0.05, 0) is 18.1 Å². The lowest BCUT2D eigenvalue weighted by Gasteiger charge is -2.02. The van der Waals surface area contributed by atoms with Crippen LogP contribution in [0.4, 0.5) is 5.82 Å². The lowest BCUT2D eigenvalue weighted by atomic mass is 10.3. The normalized spacial score (nSPS) is 10.2.